The van der Waals surface area contributed by atoms with E-state index in [1.54, 1.807) is 18.3 Å². The van der Waals surface area contributed by atoms with E-state index in [9.17, 15) is 8.42 Å². The second-order valence-electron chi connectivity index (χ2n) is 6.43. The van der Waals surface area contributed by atoms with Crippen LogP contribution in [0.3, 0.4) is 0 Å². The summed E-state index contributed by atoms with van der Waals surface area (Å²) in [5.74, 6) is 1.91. The molecule has 2 heterocycles. The van der Waals surface area contributed by atoms with Gasteiger partial charge >= 0.3 is 0 Å². The molecule has 2 aromatic rings. The number of rotatable bonds is 7. The molecule has 8 nitrogen and oxygen atoms in total. The van der Waals surface area contributed by atoms with Crippen molar-refractivity contribution in [3.8, 4) is 11.5 Å². The van der Waals surface area contributed by atoms with Crippen molar-refractivity contribution in [1.29, 1.82) is 0 Å². The van der Waals surface area contributed by atoms with Crippen molar-refractivity contribution in [2.75, 3.05) is 46.9 Å². The smallest absolute Gasteiger partial charge is 0.243 e. The van der Waals surface area contributed by atoms with Crippen LogP contribution in [0.15, 0.2) is 35.5 Å². The summed E-state index contributed by atoms with van der Waals surface area (Å²) in [4.78, 5) is 6.72. The number of benzene rings is 1. The van der Waals surface area contributed by atoms with Gasteiger partial charge in [0.15, 0.2) is 11.5 Å². The van der Waals surface area contributed by atoms with Crippen molar-refractivity contribution in [3.05, 3.63) is 36.4 Å². The van der Waals surface area contributed by atoms with Crippen molar-refractivity contribution in [2.24, 2.45) is 0 Å². The molecular weight excluding hydrogens is 368 g/mol. The number of sulfonamides is 1. The third-order valence-corrected chi connectivity index (χ3v) is 6.80. The summed E-state index contributed by atoms with van der Waals surface area (Å²) in [6, 6.07) is 4.70. The van der Waals surface area contributed by atoms with E-state index >= 15 is 0 Å². The lowest BCUT2D eigenvalue weighted by molar-refractivity contribution is 0.182. The molecule has 9 heteroatoms. The van der Waals surface area contributed by atoms with Crippen molar-refractivity contribution in [3.63, 3.8) is 0 Å². The van der Waals surface area contributed by atoms with E-state index in [2.05, 4.69) is 14.5 Å². The number of hydrogen-bond donors (Lipinski definition) is 0. The van der Waals surface area contributed by atoms with E-state index < -0.39 is 10.0 Å². The van der Waals surface area contributed by atoms with Crippen LogP contribution >= 0.6 is 0 Å². The summed E-state index contributed by atoms with van der Waals surface area (Å²) in [6.45, 7) is 6.07. The SMILES string of the molecule is COc1ccc(S(=O)(=O)N2CCN(CCn3ccnc3C)CC2)cc1OC. The summed E-state index contributed by atoms with van der Waals surface area (Å²) in [5, 5.41) is 0. The van der Waals surface area contributed by atoms with Gasteiger partial charge in [-0.05, 0) is 19.1 Å². The first-order valence-corrected chi connectivity index (χ1v) is 10.3. The maximum Gasteiger partial charge on any atom is 0.243 e. The van der Waals surface area contributed by atoms with Gasteiger partial charge in [0.1, 0.15) is 5.82 Å². The Morgan fingerprint density at radius 1 is 1.04 bits per heavy atom. The maximum absolute atomic E-state index is 12.9. The minimum atomic E-state index is -3.55. The molecule has 3 rings (SSSR count). The number of hydrogen-bond acceptors (Lipinski definition) is 6. The number of ether oxygens (including phenoxy) is 2. The zero-order chi connectivity index (χ0) is 19.4. The highest BCUT2D eigenvalue weighted by molar-refractivity contribution is 7.89. The minimum Gasteiger partial charge on any atom is -0.493 e. The topological polar surface area (TPSA) is 76.9 Å². The highest BCUT2D eigenvalue weighted by Crippen LogP contribution is 2.30. The van der Waals surface area contributed by atoms with Crippen LogP contribution in [0, 0.1) is 6.92 Å². The Bertz CT molecular complexity index is 873. The van der Waals surface area contributed by atoms with Gasteiger partial charge in [-0.15, -0.1) is 0 Å². The summed E-state index contributed by atoms with van der Waals surface area (Å²) >= 11 is 0. The first kappa shape index (κ1) is 19.7. The quantitative estimate of drug-likeness (QED) is 0.703. The number of imidazole rings is 1. The molecule has 27 heavy (non-hydrogen) atoms. The van der Waals surface area contributed by atoms with Gasteiger partial charge in [0, 0.05) is 57.7 Å². The van der Waals surface area contributed by atoms with Crippen LogP contribution in [0.25, 0.3) is 0 Å². The Kier molecular flexibility index (Phi) is 6.03. The summed E-state index contributed by atoms with van der Waals surface area (Å²) < 4.78 is 40.0. The minimum absolute atomic E-state index is 0.225. The van der Waals surface area contributed by atoms with Crippen LogP contribution in [0.2, 0.25) is 0 Å². The van der Waals surface area contributed by atoms with Crippen LogP contribution in [0.5, 0.6) is 11.5 Å². The molecule has 0 atom stereocenters. The third-order valence-electron chi connectivity index (χ3n) is 4.90. The molecule has 1 aromatic heterocycles. The molecule has 1 aromatic carbocycles. The van der Waals surface area contributed by atoms with Gasteiger partial charge in [-0.2, -0.15) is 4.31 Å². The highest BCUT2D eigenvalue weighted by atomic mass is 32.2. The lowest BCUT2D eigenvalue weighted by atomic mass is 10.3. The highest BCUT2D eigenvalue weighted by Gasteiger charge is 2.29. The number of nitrogens with zero attached hydrogens (tertiary/aromatic N) is 4. The third kappa shape index (κ3) is 4.26. The molecule has 148 valence electrons. The molecule has 1 aliphatic heterocycles. The van der Waals surface area contributed by atoms with Crippen molar-refractivity contribution < 1.29 is 17.9 Å². The average molecular weight is 394 g/mol. The molecule has 0 spiro atoms. The molecule has 0 unspecified atom stereocenters. The lowest BCUT2D eigenvalue weighted by Gasteiger charge is -2.34. The Hall–Kier alpha value is -2.10. The van der Waals surface area contributed by atoms with Crippen molar-refractivity contribution >= 4 is 10.0 Å². The molecular formula is C18H26N4O4S. The zero-order valence-electron chi connectivity index (χ0n) is 16.0. The average Bonchev–Trinajstić information content (AvgIpc) is 3.10. The largest absolute Gasteiger partial charge is 0.493 e. The number of aromatic nitrogens is 2. The second-order valence-corrected chi connectivity index (χ2v) is 8.37. The van der Waals surface area contributed by atoms with Crippen LogP contribution in [-0.2, 0) is 16.6 Å². The zero-order valence-corrected chi connectivity index (χ0v) is 16.8. The maximum atomic E-state index is 12.9. The van der Waals surface area contributed by atoms with Gasteiger partial charge < -0.3 is 14.0 Å². The molecule has 0 radical (unpaired) electrons. The standard InChI is InChI=1S/C18H26N4O4S/c1-15-19-6-7-21(15)11-8-20-9-12-22(13-10-20)27(23,24)16-4-5-17(25-2)18(14-16)26-3/h4-7,14H,8-13H2,1-3H3. The Labute approximate surface area is 160 Å². The van der Waals surface area contributed by atoms with Gasteiger partial charge in [-0.25, -0.2) is 13.4 Å². The van der Waals surface area contributed by atoms with E-state index in [1.165, 1.54) is 24.6 Å². The van der Waals surface area contributed by atoms with Crippen LogP contribution < -0.4 is 9.47 Å². The summed E-state index contributed by atoms with van der Waals surface area (Å²) in [6.07, 6.45) is 3.76. The van der Waals surface area contributed by atoms with Gasteiger partial charge in [-0.3, -0.25) is 4.90 Å². The molecule has 1 saturated heterocycles. The van der Waals surface area contributed by atoms with Crippen molar-refractivity contribution in [2.45, 2.75) is 18.4 Å². The fourth-order valence-corrected chi connectivity index (χ4v) is 4.65. The molecule has 1 aliphatic rings. The van der Waals surface area contributed by atoms with E-state index in [1.807, 2.05) is 13.1 Å². The van der Waals surface area contributed by atoms with Gasteiger partial charge in [0.2, 0.25) is 10.0 Å². The Balaban J connectivity index is 1.62. The second kappa shape index (κ2) is 8.28. The molecule has 0 bridgehead atoms. The summed E-state index contributed by atoms with van der Waals surface area (Å²) in [5.41, 5.74) is 0. The predicted octanol–water partition coefficient (Wildman–Crippen LogP) is 1.22. The predicted molar refractivity (Wildman–Crippen MR) is 102 cm³/mol. The van der Waals surface area contributed by atoms with Crippen molar-refractivity contribution in [1.82, 2.24) is 18.8 Å². The van der Waals surface area contributed by atoms with E-state index in [0.29, 0.717) is 37.7 Å². The number of piperazine rings is 1. The van der Waals surface area contributed by atoms with E-state index in [-0.39, 0.29) is 4.90 Å². The fourth-order valence-electron chi connectivity index (χ4n) is 3.21. The molecule has 0 amide bonds. The Morgan fingerprint density at radius 3 is 2.33 bits per heavy atom. The van der Waals surface area contributed by atoms with Gasteiger partial charge in [0.05, 0.1) is 19.1 Å². The lowest BCUT2D eigenvalue weighted by Crippen LogP contribution is -2.49. The normalized spacial score (nSPS) is 16.4. The van der Waals surface area contributed by atoms with Gasteiger partial charge in [0.25, 0.3) is 0 Å². The summed E-state index contributed by atoms with van der Waals surface area (Å²) in [7, 11) is -0.533. The Morgan fingerprint density at radius 2 is 1.74 bits per heavy atom. The first-order valence-electron chi connectivity index (χ1n) is 8.88. The molecule has 0 aliphatic carbocycles. The van der Waals surface area contributed by atoms with Crippen LogP contribution in [-0.4, -0.2) is 74.1 Å². The number of methoxy groups -OCH3 is 2. The van der Waals surface area contributed by atoms with Crippen LogP contribution in [0.4, 0.5) is 0 Å². The fraction of sp³-hybridized carbons (Fsp3) is 0.500. The van der Waals surface area contributed by atoms with E-state index in [4.69, 9.17) is 9.47 Å². The number of aryl methyl sites for hydroxylation is 1. The van der Waals surface area contributed by atoms with Gasteiger partial charge in [-0.1, -0.05) is 0 Å². The van der Waals surface area contributed by atoms with E-state index in [0.717, 1.165) is 18.9 Å². The molecule has 0 N–H and O–H groups in total. The monoisotopic (exact) mass is 394 g/mol. The molecule has 0 saturated carbocycles. The first-order chi connectivity index (χ1) is 13.0. The molecule has 1 fully saturated rings. The van der Waals surface area contributed by atoms with Crippen LogP contribution in [0.1, 0.15) is 5.82 Å².